The number of hydrogen-bond donors (Lipinski definition) is 1. The molecule has 0 unspecified atom stereocenters. The molecule has 0 bridgehead atoms. The van der Waals surface area contributed by atoms with Gasteiger partial charge in [-0.1, -0.05) is 23.7 Å². The number of ether oxygens (including phenoxy) is 1. The monoisotopic (exact) mass is 352 g/mol. The lowest BCUT2D eigenvalue weighted by Gasteiger charge is -2.10. The third-order valence-corrected chi connectivity index (χ3v) is 4.38. The standard InChI is InChI=1S/C15H13ClN2O4S/c1-22-13-7-6-10(18(20)21)8-12(13)17-15(19)9-23-14-5-3-2-4-11(14)16/h2-8H,9H2,1H3,(H,17,19). The molecule has 2 aromatic rings. The number of benzene rings is 2. The first-order valence-corrected chi connectivity index (χ1v) is 7.87. The molecule has 0 fully saturated rings. The van der Waals surface area contributed by atoms with E-state index in [0.29, 0.717) is 10.8 Å². The second kappa shape index (κ2) is 7.85. The summed E-state index contributed by atoms with van der Waals surface area (Å²) in [6.07, 6.45) is 0. The van der Waals surface area contributed by atoms with Crippen LogP contribution in [0.25, 0.3) is 0 Å². The number of thioether (sulfide) groups is 1. The van der Waals surface area contributed by atoms with Crippen molar-refractivity contribution in [3.05, 3.63) is 57.6 Å². The van der Waals surface area contributed by atoms with E-state index in [-0.39, 0.29) is 23.0 Å². The molecule has 23 heavy (non-hydrogen) atoms. The van der Waals surface area contributed by atoms with E-state index in [1.165, 1.54) is 37.1 Å². The molecule has 0 aromatic heterocycles. The highest BCUT2D eigenvalue weighted by Crippen LogP contribution is 2.30. The predicted octanol–water partition coefficient (Wildman–Crippen LogP) is 3.99. The van der Waals surface area contributed by atoms with Gasteiger partial charge in [0.05, 0.1) is 28.5 Å². The Kier molecular flexibility index (Phi) is 5.84. The molecule has 0 atom stereocenters. The average Bonchev–Trinajstić information content (AvgIpc) is 2.54. The summed E-state index contributed by atoms with van der Waals surface area (Å²) in [4.78, 5) is 23.1. The van der Waals surface area contributed by atoms with Crippen molar-refractivity contribution in [3.63, 3.8) is 0 Å². The molecule has 8 heteroatoms. The van der Waals surface area contributed by atoms with E-state index in [2.05, 4.69) is 5.32 Å². The Hall–Kier alpha value is -2.25. The summed E-state index contributed by atoms with van der Waals surface area (Å²) >= 11 is 7.30. The van der Waals surface area contributed by atoms with Crippen LogP contribution < -0.4 is 10.1 Å². The molecule has 120 valence electrons. The van der Waals surface area contributed by atoms with Crippen LogP contribution in [0.5, 0.6) is 5.75 Å². The number of nitro benzene ring substituents is 1. The number of anilines is 1. The Morgan fingerprint density at radius 3 is 2.74 bits per heavy atom. The number of nitrogens with zero attached hydrogens (tertiary/aromatic N) is 1. The molecule has 0 saturated carbocycles. The van der Waals surface area contributed by atoms with E-state index >= 15 is 0 Å². The fraction of sp³-hybridized carbons (Fsp3) is 0.133. The number of rotatable bonds is 6. The zero-order chi connectivity index (χ0) is 16.8. The van der Waals surface area contributed by atoms with Crippen molar-refractivity contribution in [2.75, 3.05) is 18.2 Å². The van der Waals surface area contributed by atoms with E-state index in [9.17, 15) is 14.9 Å². The largest absolute Gasteiger partial charge is 0.495 e. The summed E-state index contributed by atoms with van der Waals surface area (Å²) in [7, 11) is 1.43. The normalized spacial score (nSPS) is 10.2. The maximum atomic E-state index is 12.0. The van der Waals surface area contributed by atoms with Crippen LogP contribution in [0.1, 0.15) is 0 Å². The summed E-state index contributed by atoms with van der Waals surface area (Å²) in [5, 5.41) is 14.0. The van der Waals surface area contributed by atoms with Crippen molar-refractivity contribution in [2.45, 2.75) is 4.90 Å². The van der Waals surface area contributed by atoms with Gasteiger partial charge in [0, 0.05) is 17.0 Å². The number of carbonyl (C=O) groups is 1. The van der Waals surface area contributed by atoms with Gasteiger partial charge in [0.25, 0.3) is 5.69 Å². The van der Waals surface area contributed by atoms with Crippen LogP contribution in [-0.2, 0) is 4.79 Å². The van der Waals surface area contributed by atoms with Gasteiger partial charge in [0.2, 0.25) is 5.91 Å². The van der Waals surface area contributed by atoms with Crippen LogP contribution in [0.4, 0.5) is 11.4 Å². The van der Waals surface area contributed by atoms with Gasteiger partial charge in [-0.25, -0.2) is 0 Å². The molecule has 6 nitrogen and oxygen atoms in total. The third-order valence-electron chi connectivity index (χ3n) is 2.86. The number of nitro groups is 1. The van der Waals surface area contributed by atoms with Crippen molar-refractivity contribution in [2.24, 2.45) is 0 Å². The second-order valence-electron chi connectivity index (χ2n) is 4.41. The molecule has 1 N–H and O–H groups in total. The molecule has 0 heterocycles. The molecule has 0 spiro atoms. The summed E-state index contributed by atoms with van der Waals surface area (Å²) in [6, 6.07) is 11.2. The summed E-state index contributed by atoms with van der Waals surface area (Å²) in [5.74, 6) is 0.163. The van der Waals surface area contributed by atoms with E-state index in [1.54, 1.807) is 12.1 Å². The quantitative estimate of drug-likeness (QED) is 0.483. The molecule has 2 aromatic carbocycles. The van der Waals surface area contributed by atoms with Gasteiger partial charge in [-0.05, 0) is 18.2 Å². The zero-order valence-corrected chi connectivity index (χ0v) is 13.7. The first-order chi connectivity index (χ1) is 11.0. The fourth-order valence-corrected chi connectivity index (χ4v) is 2.84. The number of amides is 1. The van der Waals surface area contributed by atoms with Gasteiger partial charge < -0.3 is 10.1 Å². The zero-order valence-electron chi connectivity index (χ0n) is 12.1. The molecule has 0 radical (unpaired) electrons. The third kappa shape index (κ3) is 4.61. The first kappa shape index (κ1) is 17.1. The number of nitrogens with one attached hydrogen (secondary N) is 1. The van der Waals surface area contributed by atoms with Crippen LogP contribution >= 0.6 is 23.4 Å². The van der Waals surface area contributed by atoms with Crippen LogP contribution in [0.3, 0.4) is 0 Å². The Labute approximate surface area is 141 Å². The predicted molar refractivity (Wildman–Crippen MR) is 90.5 cm³/mol. The number of hydrogen-bond acceptors (Lipinski definition) is 5. The highest BCUT2D eigenvalue weighted by Gasteiger charge is 2.14. The smallest absolute Gasteiger partial charge is 0.271 e. The van der Waals surface area contributed by atoms with Gasteiger partial charge in [0.1, 0.15) is 5.75 Å². The molecule has 2 rings (SSSR count). The Morgan fingerprint density at radius 2 is 2.09 bits per heavy atom. The van der Waals surface area contributed by atoms with Crippen molar-refractivity contribution in [3.8, 4) is 5.75 Å². The Morgan fingerprint density at radius 1 is 1.35 bits per heavy atom. The lowest BCUT2D eigenvalue weighted by atomic mass is 10.2. The Balaban J connectivity index is 2.06. The van der Waals surface area contributed by atoms with Gasteiger partial charge in [0.15, 0.2) is 0 Å². The van der Waals surface area contributed by atoms with Gasteiger partial charge in [-0.15, -0.1) is 11.8 Å². The minimum Gasteiger partial charge on any atom is -0.495 e. The average molecular weight is 353 g/mol. The van der Waals surface area contributed by atoms with E-state index < -0.39 is 4.92 Å². The van der Waals surface area contributed by atoms with Crippen molar-refractivity contribution in [1.29, 1.82) is 0 Å². The minimum absolute atomic E-state index is 0.121. The molecule has 0 aliphatic heterocycles. The SMILES string of the molecule is COc1ccc([N+](=O)[O-])cc1NC(=O)CSc1ccccc1Cl. The van der Waals surface area contributed by atoms with Crippen LogP contribution in [0, 0.1) is 10.1 Å². The minimum atomic E-state index is -0.534. The van der Waals surface area contributed by atoms with Gasteiger partial charge >= 0.3 is 0 Å². The molecular formula is C15H13ClN2O4S. The Bertz CT molecular complexity index is 739. The summed E-state index contributed by atoms with van der Waals surface area (Å²) < 4.78 is 5.10. The van der Waals surface area contributed by atoms with Gasteiger partial charge in [-0.2, -0.15) is 0 Å². The first-order valence-electron chi connectivity index (χ1n) is 6.51. The molecule has 1 amide bonds. The van der Waals surface area contributed by atoms with E-state index in [1.807, 2.05) is 12.1 Å². The lowest BCUT2D eigenvalue weighted by molar-refractivity contribution is -0.384. The highest BCUT2D eigenvalue weighted by atomic mass is 35.5. The van der Waals surface area contributed by atoms with Gasteiger partial charge in [-0.3, -0.25) is 14.9 Å². The van der Waals surface area contributed by atoms with E-state index in [0.717, 1.165) is 4.90 Å². The number of halogens is 1. The maximum Gasteiger partial charge on any atom is 0.271 e. The lowest BCUT2D eigenvalue weighted by Crippen LogP contribution is -2.14. The van der Waals surface area contributed by atoms with Crippen LogP contribution in [-0.4, -0.2) is 23.7 Å². The summed E-state index contributed by atoms with van der Waals surface area (Å²) in [6.45, 7) is 0. The second-order valence-corrected chi connectivity index (χ2v) is 5.83. The van der Waals surface area contributed by atoms with Crippen molar-refractivity contribution < 1.29 is 14.5 Å². The summed E-state index contributed by atoms with van der Waals surface area (Å²) in [5.41, 5.74) is 0.131. The molecule has 0 saturated heterocycles. The van der Waals surface area contributed by atoms with Crippen molar-refractivity contribution >= 4 is 40.6 Å². The number of methoxy groups -OCH3 is 1. The van der Waals surface area contributed by atoms with E-state index in [4.69, 9.17) is 16.3 Å². The van der Waals surface area contributed by atoms with Crippen molar-refractivity contribution in [1.82, 2.24) is 0 Å². The number of carbonyl (C=O) groups excluding carboxylic acids is 1. The molecule has 0 aliphatic carbocycles. The van der Waals surface area contributed by atoms with Crippen LogP contribution in [0.15, 0.2) is 47.4 Å². The molecule has 0 aliphatic rings. The highest BCUT2D eigenvalue weighted by molar-refractivity contribution is 8.00. The number of non-ortho nitro benzene ring substituents is 1. The van der Waals surface area contributed by atoms with Crippen LogP contribution in [0.2, 0.25) is 5.02 Å². The molecular weight excluding hydrogens is 340 g/mol. The fourth-order valence-electron chi connectivity index (χ4n) is 1.80. The maximum absolute atomic E-state index is 12.0. The topological polar surface area (TPSA) is 81.5 Å².